The molecule has 2 amide bonds. The number of ether oxygens (including phenoxy) is 1. The summed E-state index contributed by atoms with van der Waals surface area (Å²) in [4.78, 5) is 25.2. The second-order valence-electron chi connectivity index (χ2n) is 7.03. The van der Waals surface area contributed by atoms with Crippen LogP contribution in [0.3, 0.4) is 0 Å². The molecule has 0 radical (unpaired) electrons. The summed E-state index contributed by atoms with van der Waals surface area (Å²) in [5, 5.41) is 0. The Morgan fingerprint density at radius 1 is 1.17 bits per heavy atom. The van der Waals surface area contributed by atoms with E-state index >= 15 is 0 Å². The van der Waals surface area contributed by atoms with Crippen LogP contribution in [0.5, 0.6) is 5.75 Å². The molecule has 3 rings (SSSR count). The maximum Gasteiger partial charge on any atom is 0.246 e. The normalized spacial score (nSPS) is 22.7. The van der Waals surface area contributed by atoms with Crippen LogP contribution in [0, 0.1) is 5.92 Å². The van der Waals surface area contributed by atoms with Crippen molar-refractivity contribution in [2.45, 2.75) is 18.7 Å². The molecule has 1 aromatic rings. The number of piperazine rings is 1. The van der Waals surface area contributed by atoms with Crippen LogP contribution in [0.2, 0.25) is 0 Å². The second kappa shape index (κ2) is 7.58. The highest BCUT2D eigenvalue weighted by molar-refractivity contribution is 7.94. The van der Waals surface area contributed by atoms with Gasteiger partial charge in [-0.05, 0) is 18.2 Å². The molecule has 2 heterocycles. The quantitative estimate of drug-likeness (QED) is 0.632. The van der Waals surface area contributed by atoms with Gasteiger partial charge in [0.2, 0.25) is 31.9 Å². The molecule has 1 unspecified atom stereocenters. The fourth-order valence-corrected chi connectivity index (χ4v) is 6.87. The maximum atomic E-state index is 13.2. The molecule has 2 saturated heterocycles. The van der Waals surface area contributed by atoms with E-state index in [1.165, 1.54) is 37.4 Å². The van der Waals surface area contributed by atoms with Crippen LogP contribution in [0.1, 0.15) is 13.8 Å². The topological polar surface area (TPSA) is 121 Å². The largest absolute Gasteiger partial charge is 0.495 e. The van der Waals surface area contributed by atoms with E-state index in [-0.39, 0.29) is 54.2 Å². The molecular formula is C17H23N3O7S2. The molecule has 29 heavy (non-hydrogen) atoms. The number of rotatable bonds is 4. The van der Waals surface area contributed by atoms with Crippen LogP contribution in [-0.2, 0) is 29.6 Å². The Labute approximate surface area is 170 Å². The Morgan fingerprint density at radius 3 is 2.28 bits per heavy atom. The first-order valence-corrected chi connectivity index (χ1v) is 12.0. The zero-order valence-electron chi connectivity index (χ0n) is 16.4. The van der Waals surface area contributed by atoms with Crippen molar-refractivity contribution in [1.29, 1.82) is 0 Å². The van der Waals surface area contributed by atoms with Gasteiger partial charge in [-0.25, -0.2) is 21.1 Å². The van der Waals surface area contributed by atoms with Gasteiger partial charge in [0, 0.05) is 33.1 Å². The third-order valence-electron chi connectivity index (χ3n) is 5.04. The zero-order valence-corrected chi connectivity index (χ0v) is 18.0. The van der Waals surface area contributed by atoms with Gasteiger partial charge in [-0.3, -0.25) is 9.59 Å². The Balaban J connectivity index is 2.00. The lowest BCUT2D eigenvalue weighted by Crippen LogP contribution is -2.50. The molecule has 1 atom stereocenters. The maximum absolute atomic E-state index is 13.2. The third-order valence-corrected chi connectivity index (χ3v) is 8.83. The molecule has 0 N–H and O–H groups in total. The summed E-state index contributed by atoms with van der Waals surface area (Å²) in [6, 6.07) is 3.83. The summed E-state index contributed by atoms with van der Waals surface area (Å²) in [5.41, 5.74) is -0.0407. The molecule has 0 aromatic heterocycles. The summed E-state index contributed by atoms with van der Waals surface area (Å²) < 4.78 is 58.2. The van der Waals surface area contributed by atoms with Crippen molar-refractivity contribution in [1.82, 2.24) is 9.21 Å². The first kappa shape index (κ1) is 21.5. The Hall–Kier alpha value is -2.18. The van der Waals surface area contributed by atoms with E-state index in [0.717, 1.165) is 6.07 Å². The van der Waals surface area contributed by atoms with Crippen LogP contribution in [-0.4, -0.2) is 76.9 Å². The number of carbonyl (C=O) groups excluding carboxylic acids is 2. The molecule has 2 aliphatic rings. The van der Waals surface area contributed by atoms with Crippen molar-refractivity contribution in [3.8, 4) is 5.75 Å². The summed E-state index contributed by atoms with van der Waals surface area (Å²) in [6.07, 6.45) is 0. The van der Waals surface area contributed by atoms with Gasteiger partial charge >= 0.3 is 0 Å². The number of hydrogen-bond acceptors (Lipinski definition) is 7. The second-order valence-corrected chi connectivity index (χ2v) is 10.8. The van der Waals surface area contributed by atoms with E-state index in [4.69, 9.17) is 4.74 Å². The van der Waals surface area contributed by atoms with Crippen molar-refractivity contribution in [2.24, 2.45) is 5.92 Å². The van der Waals surface area contributed by atoms with Crippen LogP contribution >= 0.6 is 0 Å². The minimum Gasteiger partial charge on any atom is -0.495 e. The standard InChI is InChI=1S/C17H23N3O7S2/c1-12-11-28(23,24)20(17(12)22)14-4-5-15(27-3)16(10-14)29(25,26)19-8-6-18(7-9-19)13(2)21/h4-5,10,12H,6-9,11H2,1-3H3. The lowest BCUT2D eigenvalue weighted by molar-refractivity contribution is -0.130. The average molecular weight is 446 g/mol. The van der Waals surface area contributed by atoms with Gasteiger partial charge in [0.25, 0.3) is 0 Å². The van der Waals surface area contributed by atoms with Crippen LogP contribution in [0.4, 0.5) is 5.69 Å². The average Bonchev–Trinajstić information content (AvgIpc) is 2.88. The number of methoxy groups -OCH3 is 1. The number of carbonyl (C=O) groups is 2. The number of sulfonamides is 2. The molecule has 2 aliphatic heterocycles. The fourth-order valence-electron chi connectivity index (χ4n) is 3.46. The first-order chi connectivity index (χ1) is 13.5. The minimum absolute atomic E-state index is 0.0407. The van der Waals surface area contributed by atoms with Gasteiger partial charge < -0.3 is 9.64 Å². The predicted molar refractivity (Wildman–Crippen MR) is 104 cm³/mol. The minimum atomic E-state index is -4.04. The molecule has 12 heteroatoms. The highest BCUT2D eigenvalue weighted by atomic mass is 32.2. The van der Waals surface area contributed by atoms with Crippen molar-refractivity contribution in [3.05, 3.63) is 18.2 Å². The Kier molecular flexibility index (Phi) is 5.62. The van der Waals surface area contributed by atoms with Crippen molar-refractivity contribution < 1.29 is 31.2 Å². The van der Waals surface area contributed by atoms with Gasteiger partial charge in [0.1, 0.15) is 10.6 Å². The molecule has 160 valence electrons. The zero-order chi connectivity index (χ0) is 21.6. The van der Waals surface area contributed by atoms with E-state index in [9.17, 15) is 26.4 Å². The summed E-state index contributed by atoms with van der Waals surface area (Å²) in [6.45, 7) is 3.65. The molecule has 0 aliphatic carbocycles. The number of anilines is 1. The van der Waals surface area contributed by atoms with E-state index in [2.05, 4.69) is 0 Å². The highest BCUT2D eigenvalue weighted by Crippen LogP contribution is 2.35. The number of hydrogen-bond donors (Lipinski definition) is 0. The Bertz CT molecular complexity index is 1040. The predicted octanol–water partition coefficient (Wildman–Crippen LogP) is -0.139. The van der Waals surface area contributed by atoms with E-state index in [1.54, 1.807) is 4.90 Å². The number of benzene rings is 1. The molecule has 1 aromatic carbocycles. The lowest BCUT2D eigenvalue weighted by Gasteiger charge is -2.33. The van der Waals surface area contributed by atoms with Gasteiger partial charge in [0.05, 0.1) is 24.5 Å². The van der Waals surface area contributed by atoms with Crippen LogP contribution in [0.15, 0.2) is 23.1 Å². The molecule has 10 nitrogen and oxygen atoms in total. The summed E-state index contributed by atoms with van der Waals surface area (Å²) in [5.74, 6) is -1.73. The monoisotopic (exact) mass is 445 g/mol. The molecular weight excluding hydrogens is 422 g/mol. The van der Waals surface area contributed by atoms with Gasteiger partial charge in [-0.1, -0.05) is 6.92 Å². The highest BCUT2D eigenvalue weighted by Gasteiger charge is 2.43. The molecule has 2 fully saturated rings. The molecule has 0 spiro atoms. The number of nitrogens with zero attached hydrogens (tertiary/aromatic N) is 3. The summed E-state index contributed by atoms with van der Waals surface area (Å²) in [7, 11) is -6.60. The molecule has 0 bridgehead atoms. The van der Waals surface area contributed by atoms with Gasteiger partial charge in [-0.2, -0.15) is 4.31 Å². The third kappa shape index (κ3) is 3.83. The van der Waals surface area contributed by atoms with Crippen molar-refractivity contribution in [2.75, 3.05) is 43.3 Å². The Morgan fingerprint density at radius 2 is 1.79 bits per heavy atom. The van der Waals surface area contributed by atoms with Crippen LogP contribution in [0.25, 0.3) is 0 Å². The van der Waals surface area contributed by atoms with Gasteiger partial charge in [-0.15, -0.1) is 0 Å². The SMILES string of the molecule is COc1ccc(N2C(=O)C(C)CS2(=O)=O)cc1S(=O)(=O)N1CCN(C(C)=O)CC1. The van der Waals surface area contributed by atoms with E-state index < -0.39 is 31.9 Å². The van der Waals surface area contributed by atoms with Crippen molar-refractivity contribution in [3.63, 3.8) is 0 Å². The smallest absolute Gasteiger partial charge is 0.246 e. The summed E-state index contributed by atoms with van der Waals surface area (Å²) >= 11 is 0. The van der Waals surface area contributed by atoms with Crippen LogP contribution < -0.4 is 9.04 Å². The first-order valence-electron chi connectivity index (χ1n) is 8.99. The lowest BCUT2D eigenvalue weighted by atomic mass is 10.2. The number of amides is 2. The molecule has 0 saturated carbocycles. The van der Waals surface area contributed by atoms with Crippen molar-refractivity contribution >= 4 is 37.5 Å². The van der Waals surface area contributed by atoms with E-state index in [0.29, 0.717) is 4.31 Å². The van der Waals surface area contributed by atoms with E-state index in [1.807, 2.05) is 0 Å². The van der Waals surface area contributed by atoms with Gasteiger partial charge in [0.15, 0.2) is 0 Å². The fraction of sp³-hybridized carbons (Fsp3) is 0.529.